The Bertz CT molecular complexity index is 323. The van der Waals surface area contributed by atoms with Gasteiger partial charge in [-0.15, -0.1) is 11.6 Å². The molecule has 1 aromatic rings. The van der Waals surface area contributed by atoms with Crippen LogP contribution >= 0.6 is 11.6 Å². The molecule has 1 N–H and O–H groups in total. The number of amides is 1. The van der Waals surface area contributed by atoms with E-state index in [0.29, 0.717) is 6.54 Å². The highest BCUT2D eigenvalue weighted by Crippen LogP contribution is 2.13. The van der Waals surface area contributed by atoms with Crippen LogP contribution in [0.5, 0.6) is 0 Å². The van der Waals surface area contributed by atoms with Gasteiger partial charge < -0.3 is 9.84 Å². The highest BCUT2D eigenvalue weighted by molar-refractivity contribution is 6.27. The molecule has 0 fully saturated rings. The molecule has 78 valence electrons. The number of aryl methyl sites for hydroxylation is 2. The predicted octanol–water partition coefficient (Wildman–Crippen LogP) is 1.40. The standard InChI is InChI=1S/C9H13ClN2O2/c1-3-8-7(6(2)14-12-8)5-11-9(13)4-10/h3-5H2,1-2H3,(H,11,13). The molecule has 0 atom stereocenters. The lowest BCUT2D eigenvalue weighted by atomic mass is 10.1. The Morgan fingerprint density at radius 2 is 2.36 bits per heavy atom. The number of alkyl halides is 1. The van der Waals surface area contributed by atoms with Gasteiger partial charge in [-0.3, -0.25) is 4.79 Å². The summed E-state index contributed by atoms with van der Waals surface area (Å²) in [4.78, 5) is 10.9. The van der Waals surface area contributed by atoms with E-state index in [1.54, 1.807) is 0 Å². The largest absolute Gasteiger partial charge is 0.361 e. The highest BCUT2D eigenvalue weighted by atomic mass is 35.5. The summed E-state index contributed by atoms with van der Waals surface area (Å²) < 4.78 is 5.02. The van der Waals surface area contributed by atoms with Gasteiger partial charge in [-0.1, -0.05) is 12.1 Å². The fraction of sp³-hybridized carbons (Fsp3) is 0.556. The zero-order valence-corrected chi connectivity index (χ0v) is 9.02. The van der Waals surface area contributed by atoms with Crippen LogP contribution in [0.25, 0.3) is 0 Å². The number of rotatable bonds is 4. The Morgan fingerprint density at radius 3 is 2.93 bits per heavy atom. The fourth-order valence-corrected chi connectivity index (χ4v) is 1.27. The van der Waals surface area contributed by atoms with Gasteiger partial charge in [0.2, 0.25) is 5.91 Å². The van der Waals surface area contributed by atoms with Gasteiger partial charge in [-0.2, -0.15) is 0 Å². The second-order valence-electron chi connectivity index (χ2n) is 2.93. The topological polar surface area (TPSA) is 55.1 Å². The van der Waals surface area contributed by atoms with Crippen molar-refractivity contribution in [1.29, 1.82) is 0 Å². The number of halogens is 1. The molecule has 1 heterocycles. The average molecular weight is 217 g/mol. The highest BCUT2D eigenvalue weighted by Gasteiger charge is 2.11. The van der Waals surface area contributed by atoms with Crippen LogP contribution in [-0.4, -0.2) is 16.9 Å². The van der Waals surface area contributed by atoms with Gasteiger partial charge in [0.1, 0.15) is 11.6 Å². The lowest BCUT2D eigenvalue weighted by molar-refractivity contribution is -0.118. The summed E-state index contributed by atoms with van der Waals surface area (Å²) in [7, 11) is 0. The Kier molecular flexibility index (Phi) is 3.95. The van der Waals surface area contributed by atoms with Gasteiger partial charge >= 0.3 is 0 Å². The second kappa shape index (κ2) is 5.00. The van der Waals surface area contributed by atoms with Gasteiger partial charge in [0.25, 0.3) is 0 Å². The number of carbonyl (C=O) groups is 1. The first-order chi connectivity index (χ1) is 6.69. The van der Waals surface area contributed by atoms with Crippen molar-refractivity contribution in [2.75, 3.05) is 5.88 Å². The molecule has 0 spiro atoms. The first kappa shape index (κ1) is 11.0. The average Bonchev–Trinajstić information content (AvgIpc) is 2.55. The van der Waals surface area contributed by atoms with Crippen LogP contribution in [-0.2, 0) is 17.8 Å². The zero-order chi connectivity index (χ0) is 10.6. The van der Waals surface area contributed by atoms with Gasteiger partial charge in [-0.25, -0.2) is 0 Å². The van der Waals surface area contributed by atoms with Gasteiger partial charge in [-0.05, 0) is 13.3 Å². The van der Waals surface area contributed by atoms with Gasteiger partial charge in [0.05, 0.1) is 5.69 Å². The third-order valence-electron chi connectivity index (χ3n) is 1.98. The molecule has 0 saturated carbocycles. The molecule has 14 heavy (non-hydrogen) atoms. The van der Waals surface area contributed by atoms with Crippen molar-refractivity contribution >= 4 is 17.5 Å². The van der Waals surface area contributed by atoms with Crippen molar-refractivity contribution in [2.24, 2.45) is 0 Å². The summed E-state index contributed by atoms with van der Waals surface area (Å²) in [5.74, 6) is 0.539. The fourth-order valence-electron chi connectivity index (χ4n) is 1.18. The Balaban J connectivity index is 2.65. The van der Waals surface area contributed by atoms with Crippen molar-refractivity contribution in [3.05, 3.63) is 17.0 Å². The summed E-state index contributed by atoms with van der Waals surface area (Å²) in [6.07, 6.45) is 0.795. The zero-order valence-electron chi connectivity index (χ0n) is 8.26. The number of nitrogens with zero attached hydrogens (tertiary/aromatic N) is 1. The monoisotopic (exact) mass is 216 g/mol. The van der Waals surface area contributed by atoms with Crippen LogP contribution in [0.3, 0.4) is 0 Å². The molecule has 0 aliphatic heterocycles. The van der Waals surface area contributed by atoms with E-state index in [4.69, 9.17) is 16.1 Å². The van der Waals surface area contributed by atoms with E-state index in [1.165, 1.54) is 0 Å². The third-order valence-corrected chi connectivity index (χ3v) is 2.23. The number of aromatic nitrogens is 1. The second-order valence-corrected chi connectivity index (χ2v) is 3.20. The summed E-state index contributed by atoms with van der Waals surface area (Å²) >= 11 is 5.35. The summed E-state index contributed by atoms with van der Waals surface area (Å²) in [5, 5.41) is 6.56. The predicted molar refractivity (Wildman–Crippen MR) is 53.2 cm³/mol. The maximum atomic E-state index is 10.9. The Hall–Kier alpha value is -1.03. The number of hydrogen-bond acceptors (Lipinski definition) is 3. The minimum absolute atomic E-state index is 0.0220. The molecule has 0 aliphatic carbocycles. The van der Waals surface area contributed by atoms with Crippen LogP contribution < -0.4 is 5.32 Å². The molecule has 0 aliphatic rings. The molecule has 0 unspecified atom stereocenters. The third kappa shape index (κ3) is 2.48. The van der Waals surface area contributed by atoms with Crippen molar-refractivity contribution in [1.82, 2.24) is 10.5 Å². The van der Waals surface area contributed by atoms with Crippen molar-refractivity contribution in [2.45, 2.75) is 26.8 Å². The molecule has 4 nitrogen and oxygen atoms in total. The molecular weight excluding hydrogens is 204 g/mol. The summed E-state index contributed by atoms with van der Waals surface area (Å²) in [5.41, 5.74) is 1.84. The first-order valence-corrected chi connectivity index (χ1v) is 4.99. The maximum absolute atomic E-state index is 10.9. The molecule has 1 aromatic heterocycles. The summed E-state index contributed by atoms with van der Waals surface area (Å²) in [6.45, 7) is 4.25. The van der Waals surface area contributed by atoms with Crippen LogP contribution in [0.1, 0.15) is 23.9 Å². The molecule has 0 saturated heterocycles. The van der Waals surface area contributed by atoms with Crippen molar-refractivity contribution < 1.29 is 9.32 Å². The molecule has 1 amide bonds. The smallest absolute Gasteiger partial charge is 0.235 e. The minimum Gasteiger partial charge on any atom is -0.361 e. The van der Waals surface area contributed by atoms with Crippen molar-refractivity contribution in [3.8, 4) is 0 Å². The van der Waals surface area contributed by atoms with E-state index in [0.717, 1.165) is 23.4 Å². The van der Waals surface area contributed by atoms with E-state index in [1.807, 2.05) is 13.8 Å². The minimum atomic E-state index is -0.186. The first-order valence-electron chi connectivity index (χ1n) is 4.45. The molecule has 0 radical (unpaired) electrons. The molecule has 1 rings (SSSR count). The van der Waals surface area contributed by atoms with Crippen LogP contribution in [0.2, 0.25) is 0 Å². The van der Waals surface area contributed by atoms with E-state index in [2.05, 4.69) is 10.5 Å². The molecule has 0 bridgehead atoms. The van der Waals surface area contributed by atoms with E-state index in [9.17, 15) is 4.79 Å². The van der Waals surface area contributed by atoms with E-state index < -0.39 is 0 Å². The van der Waals surface area contributed by atoms with Gasteiger partial charge in [0.15, 0.2) is 0 Å². The molecule has 5 heteroatoms. The van der Waals surface area contributed by atoms with E-state index in [-0.39, 0.29) is 11.8 Å². The lowest BCUT2D eigenvalue weighted by Gasteiger charge is -2.02. The number of nitrogens with one attached hydrogen (secondary N) is 1. The number of hydrogen-bond donors (Lipinski definition) is 1. The van der Waals surface area contributed by atoms with E-state index >= 15 is 0 Å². The van der Waals surface area contributed by atoms with Crippen LogP contribution in [0, 0.1) is 6.92 Å². The quantitative estimate of drug-likeness (QED) is 0.775. The SMILES string of the molecule is CCc1noc(C)c1CNC(=O)CCl. The Labute approximate surface area is 87.6 Å². The lowest BCUT2D eigenvalue weighted by Crippen LogP contribution is -2.24. The number of carbonyl (C=O) groups excluding carboxylic acids is 1. The summed E-state index contributed by atoms with van der Waals surface area (Å²) in [6, 6.07) is 0. The molecular formula is C9H13ClN2O2. The van der Waals surface area contributed by atoms with Crippen LogP contribution in [0.4, 0.5) is 0 Å². The Morgan fingerprint density at radius 1 is 1.64 bits per heavy atom. The van der Waals surface area contributed by atoms with Crippen molar-refractivity contribution in [3.63, 3.8) is 0 Å². The molecule has 0 aromatic carbocycles. The normalized spacial score (nSPS) is 10.2. The van der Waals surface area contributed by atoms with Crippen LogP contribution in [0.15, 0.2) is 4.52 Å². The maximum Gasteiger partial charge on any atom is 0.235 e. The van der Waals surface area contributed by atoms with Gasteiger partial charge in [0, 0.05) is 12.1 Å².